The Hall–Kier alpha value is 0.500. The van der Waals surface area contributed by atoms with Crippen molar-refractivity contribution in [3.8, 4) is 0 Å². The van der Waals surface area contributed by atoms with E-state index in [9.17, 15) is 0 Å². The average molecular weight is 227 g/mol. The molecule has 2 rings (SSSR count). The lowest BCUT2D eigenvalue weighted by atomic mass is 10.2. The van der Waals surface area contributed by atoms with Crippen molar-refractivity contribution in [2.45, 2.75) is 25.8 Å². The molecule has 2 nitrogen and oxygen atoms in total. The molecule has 0 aromatic rings. The lowest BCUT2D eigenvalue weighted by Crippen LogP contribution is -2.49. The summed E-state index contributed by atoms with van der Waals surface area (Å²) in [6, 6.07) is 0.711. The highest BCUT2D eigenvalue weighted by atomic mass is 35.5. The number of rotatable bonds is 2. The molecule has 1 saturated heterocycles. The topological polar surface area (TPSA) is 15.3 Å². The number of hydrogen-bond acceptors (Lipinski definition) is 2. The molecule has 1 aliphatic heterocycles. The van der Waals surface area contributed by atoms with E-state index >= 15 is 0 Å². The molecule has 4 heteroatoms. The van der Waals surface area contributed by atoms with Crippen LogP contribution in [0, 0.1) is 5.92 Å². The summed E-state index contributed by atoms with van der Waals surface area (Å²) in [6.45, 7) is 7.36. The van der Waals surface area contributed by atoms with Gasteiger partial charge in [-0.25, -0.2) is 0 Å². The van der Waals surface area contributed by atoms with Gasteiger partial charge in [-0.15, -0.1) is 24.8 Å². The van der Waals surface area contributed by atoms with Gasteiger partial charge < -0.3 is 10.2 Å². The zero-order valence-corrected chi connectivity index (χ0v) is 9.79. The van der Waals surface area contributed by atoms with Gasteiger partial charge >= 0.3 is 0 Å². The van der Waals surface area contributed by atoms with Crippen molar-refractivity contribution in [2.75, 3.05) is 26.2 Å². The predicted molar refractivity (Wildman–Crippen MR) is 61.1 cm³/mol. The van der Waals surface area contributed by atoms with Gasteiger partial charge in [-0.05, 0) is 25.7 Å². The van der Waals surface area contributed by atoms with Crippen molar-refractivity contribution in [1.82, 2.24) is 10.2 Å². The fourth-order valence-corrected chi connectivity index (χ4v) is 1.84. The molecule has 0 spiro atoms. The third-order valence-electron chi connectivity index (χ3n) is 2.67. The summed E-state index contributed by atoms with van der Waals surface area (Å²) in [7, 11) is 0. The highest BCUT2D eigenvalue weighted by Gasteiger charge is 2.25. The lowest BCUT2D eigenvalue weighted by molar-refractivity contribution is 0.200. The van der Waals surface area contributed by atoms with Gasteiger partial charge in [0.1, 0.15) is 0 Å². The first-order valence-corrected chi connectivity index (χ1v) is 4.80. The zero-order valence-electron chi connectivity index (χ0n) is 8.16. The first kappa shape index (κ1) is 13.5. The summed E-state index contributed by atoms with van der Waals surface area (Å²) in [5, 5.41) is 3.46. The molecule has 1 saturated carbocycles. The molecule has 0 radical (unpaired) electrons. The van der Waals surface area contributed by atoms with Crippen LogP contribution in [0.25, 0.3) is 0 Å². The summed E-state index contributed by atoms with van der Waals surface area (Å²) in [5.74, 6) is 1.06. The molecule has 1 N–H and O–H groups in total. The van der Waals surface area contributed by atoms with Crippen molar-refractivity contribution in [2.24, 2.45) is 5.92 Å². The second-order valence-electron chi connectivity index (χ2n) is 4.06. The van der Waals surface area contributed by atoms with Gasteiger partial charge in [0.2, 0.25) is 0 Å². The second kappa shape index (κ2) is 6.07. The fraction of sp³-hybridized carbons (Fsp3) is 1.00. The van der Waals surface area contributed by atoms with Gasteiger partial charge in [-0.1, -0.05) is 0 Å². The molecular formula is C9H20Cl2N2. The van der Waals surface area contributed by atoms with E-state index in [0.717, 1.165) is 5.92 Å². The van der Waals surface area contributed by atoms with E-state index in [-0.39, 0.29) is 24.8 Å². The maximum atomic E-state index is 3.46. The van der Waals surface area contributed by atoms with Crippen LogP contribution in [0.5, 0.6) is 0 Å². The van der Waals surface area contributed by atoms with Crippen LogP contribution in [0.3, 0.4) is 0 Å². The summed E-state index contributed by atoms with van der Waals surface area (Å²) >= 11 is 0. The summed E-state index contributed by atoms with van der Waals surface area (Å²) in [6.07, 6.45) is 2.97. The van der Waals surface area contributed by atoms with Gasteiger partial charge in [0.05, 0.1) is 0 Å². The SMILES string of the molecule is C[C@H]1CN(CC2CC2)CCN1.Cl.Cl. The molecular weight excluding hydrogens is 207 g/mol. The number of piperazine rings is 1. The predicted octanol–water partition coefficient (Wildman–Crippen LogP) is 1.53. The second-order valence-corrected chi connectivity index (χ2v) is 4.06. The van der Waals surface area contributed by atoms with Crippen molar-refractivity contribution in [1.29, 1.82) is 0 Å². The molecule has 1 heterocycles. The van der Waals surface area contributed by atoms with Gasteiger partial charge in [0.15, 0.2) is 0 Å². The molecule has 2 aliphatic rings. The Balaban J connectivity index is 0.000000720. The van der Waals surface area contributed by atoms with Crippen LogP contribution in [0.1, 0.15) is 19.8 Å². The zero-order chi connectivity index (χ0) is 7.68. The standard InChI is InChI=1S/C9H18N2.2ClH/c1-8-6-11(5-4-10-8)7-9-2-3-9;;/h8-10H,2-7H2,1H3;2*1H/t8-;;/m0../s1. The maximum absolute atomic E-state index is 3.46. The van der Waals surface area contributed by atoms with Crippen molar-refractivity contribution >= 4 is 24.8 Å². The Bertz CT molecular complexity index is 138. The molecule has 0 aromatic heterocycles. The van der Waals surface area contributed by atoms with E-state index < -0.39 is 0 Å². The van der Waals surface area contributed by atoms with Crippen molar-refractivity contribution in [3.05, 3.63) is 0 Å². The quantitative estimate of drug-likeness (QED) is 0.769. The Morgan fingerprint density at radius 1 is 1.31 bits per heavy atom. The third kappa shape index (κ3) is 4.50. The van der Waals surface area contributed by atoms with Crippen LogP contribution >= 0.6 is 24.8 Å². The van der Waals surface area contributed by atoms with Gasteiger partial charge in [0.25, 0.3) is 0 Å². The summed E-state index contributed by atoms with van der Waals surface area (Å²) in [4.78, 5) is 2.61. The molecule has 1 aliphatic carbocycles. The van der Waals surface area contributed by atoms with Crippen LogP contribution in [0.2, 0.25) is 0 Å². The molecule has 0 unspecified atom stereocenters. The van der Waals surface area contributed by atoms with E-state index in [2.05, 4.69) is 17.1 Å². The van der Waals surface area contributed by atoms with Crippen LogP contribution in [0.15, 0.2) is 0 Å². The van der Waals surface area contributed by atoms with Crippen LogP contribution in [0.4, 0.5) is 0 Å². The third-order valence-corrected chi connectivity index (χ3v) is 2.67. The lowest BCUT2D eigenvalue weighted by Gasteiger charge is -2.31. The number of hydrogen-bond donors (Lipinski definition) is 1. The van der Waals surface area contributed by atoms with Crippen LogP contribution in [-0.4, -0.2) is 37.1 Å². The van der Waals surface area contributed by atoms with E-state index in [1.54, 1.807) is 0 Å². The fourth-order valence-electron chi connectivity index (χ4n) is 1.84. The smallest absolute Gasteiger partial charge is 0.0167 e. The Morgan fingerprint density at radius 3 is 2.54 bits per heavy atom. The number of nitrogens with zero attached hydrogens (tertiary/aromatic N) is 1. The number of nitrogens with one attached hydrogen (secondary N) is 1. The highest BCUT2D eigenvalue weighted by Crippen LogP contribution is 2.29. The average Bonchev–Trinajstić information content (AvgIpc) is 2.71. The molecule has 2 fully saturated rings. The molecule has 0 bridgehead atoms. The molecule has 13 heavy (non-hydrogen) atoms. The minimum atomic E-state index is 0. The molecule has 0 aromatic carbocycles. The first-order valence-electron chi connectivity index (χ1n) is 4.80. The summed E-state index contributed by atoms with van der Waals surface area (Å²) in [5.41, 5.74) is 0. The van der Waals surface area contributed by atoms with E-state index in [1.807, 2.05) is 0 Å². The van der Waals surface area contributed by atoms with E-state index in [0.29, 0.717) is 6.04 Å². The van der Waals surface area contributed by atoms with E-state index in [1.165, 1.54) is 39.0 Å². The van der Waals surface area contributed by atoms with Gasteiger partial charge in [0, 0.05) is 32.2 Å². The first-order chi connectivity index (χ1) is 5.34. The van der Waals surface area contributed by atoms with Crippen LogP contribution < -0.4 is 5.32 Å². The van der Waals surface area contributed by atoms with Crippen molar-refractivity contribution < 1.29 is 0 Å². The summed E-state index contributed by atoms with van der Waals surface area (Å²) < 4.78 is 0. The molecule has 80 valence electrons. The minimum absolute atomic E-state index is 0. The Kier molecular flexibility index (Phi) is 6.31. The monoisotopic (exact) mass is 226 g/mol. The number of halogens is 2. The largest absolute Gasteiger partial charge is 0.312 e. The normalized spacial score (nSPS) is 28.8. The highest BCUT2D eigenvalue weighted by molar-refractivity contribution is 5.85. The van der Waals surface area contributed by atoms with Gasteiger partial charge in [-0.3, -0.25) is 0 Å². The Morgan fingerprint density at radius 2 is 2.00 bits per heavy atom. The van der Waals surface area contributed by atoms with Crippen LogP contribution in [-0.2, 0) is 0 Å². The van der Waals surface area contributed by atoms with E-state index in [4.69, 9.17) is 0 Å². The maximum Gasteiger partial charge on any atom is 0.0167 e. The molecule has 0 amide bonds. The minimum Gasteiger partial charge on any atom is -0.312 e. The molecule has 1 atom stereocenters. The van der Waals surface area contributed by atoms with Crippen molar-refractivity contribution in [3.63, 3.8) is 0 Å². The Labute approximate surface area is 93.3 Å². The van der Waals surface area contributed by atoms with Gasteiger partial charge in [-0.2, -0.15) is 0 Å².